The normalized spacial score (nSPS) is 21.9. The maximum absolute atomic E-state index is 11.7. The molecule has 4 N–H and O–H groups in total. The summed E-state index contributed by atoms with van der Waals surface area (Å²) < 4.78 is 0. The molecular weight excluding hydrogens is 677 g/mol. The zero-order valence-electron chi connectivity index (χ0n) is 37.9. The van der Waals surface area contributed by atoms with Gasteiger partial charge in [0.2, 0.25) is 0 Å². The fraction of sp³-hybridized carbons (Fsp3) is 0.608. The van der Waals surface area contributed by atoms with E-state index in [4.69, 9.17) is 0 Å². The zero-order chi connectivity index (χ0) is 42.1. The SMILES string of the molecule is CC(C)(C)C1=C(O)C=CC(Cc2cc(C(C)(C)C)c(O)c(C(C)(C)C)c2)(CC2(Cc3cc(C(C)(C)C)c(O)c(C(C)(C)C)c3)C=CC(O)=C(C(C)(C)C)C2)C1. The Hall–Kier alpha value is -3.40. The van der Waals surface area contributed by atoms with Crippen molar-refractivity contribution in [2.45, 2.75) is 178 Å². The minimum Gasteiger partial charge on any atom is -0.508 e. The van der Waals surface area contributed by atoms with Crippen LogP contribution in [0, 0.1) is 21.7 Å². The summed E-state index contributed by atoms with van der Waals surface area (Å²) in [6, 6.07) is 8.87. The van der Waals surface area contributed by atoms with E-state index < -0.39 is 10.8 Å². The van der Waals surface area contributed by atoms with Gasteiger partial charge in [-0.1, -0.05) is 161 Å². The molecule has 4 rings (SSSR count). The minimum absolute atomic E-state index is 0.257. The molecule has 2 aromatic rings. The monoisotopic (exact) mass is 753 g/mol. The van der Waals surface area contributed by atoms with Crippen LogP contribution < -0.4 is 0 Å². The van der Waals surface area contributed by atoms with Crippen molar-refractivity contribution in [2.24, 2.45) is 21.7 Å². The molecule has 0 amide bonds. The molecule has 4 nitrogen and oxygen atoms in total. The van der Waals surface area contributed by atoms with E-state index in [0.717, 1.165) is 52.7 Å². The molecule has 0 aromatic heterocycles. The number of hydrogen-bond donors (Lipinski definition) is 4. The molecular formula is C51H76O4. The van der Waals surface area contributed by atoms with Crippen LogP contribution in [0.3, 0.4) is 0 Å². The zero-order valence-corrected chi connectivity index (χ0v) is 37.9. The average Bonchev–Trinajstić information content (AvgIpc) is 2.98. The largest absolute Gasteiger partial charge is 0.508 e. The molecule has 2 aliphatic rings. The summed E-state index contributed by atoms with van der Waals surface area (Å²) in [5.74, 6) is 1.46. The first-order chi connectivity index (χ1) is 24.6. The first-order valence-corrected chi connectivity index (χ1v) is 20.6. The van der Waals surface area contributed by atoms with Crippen molar-refractivity contribution < 1.29 is 20.4 Å². The van der Waals surface area contributed by atoms with Crippen LogP contribution >= 0.6 is 0 Å². The summed E-state index contributed by atoms with van der Waals surface area (Å²) >= 11 is 0. The van der Waals surface area contributed by atoms with Crippen LogP contribution in [0.25, 0.3) is 0 Å². The third kappa shape index (κ3) is 9.77. The second-order valence-electron chi connectivity index (χ2n) is 23.6. The van der Waals surface area contributed by atoms with E-state index in [1.807, 2.05) is 12.2 Å². The third-order valence-electron chi connectivity index (χ3n) is 12.1. The summed E-state index contributed by atoms with van der Waals surface area (Å²) in [5, 5.41) is 46.3. The Bertz CT molecular complexity index is 1700. The lowest BCUT2D eigenvalue weighted by molar-refractivity contribution is 0.178. The predicted molar refractivity (Wildman–Crippen MR) is 234 cm³/mol. The summed E-state index contributed by atoms with van der Waals surface area (Å²) in [4.78, 5) is 0. The van der Waals surface area contributed by atoms with E-state index in [1.165, 1.54) is 11.1 Å². The fourth-order valence-electron chi connectivity index (χ4n) is 9.02. The van der Waals surface area contributed by atoms with Crippen molar-refractivity contribution >= 4 is 0 Å². The van der Waals surface area contributed by atoms with Gasteiger partial charge in [-0.15, -0.1) is 0 Å². The van der Waals surface area contributed by atoms with Gasteiger partial charge in [0.1, 0.15) is 23.0 Å². The molecule has 2 atom stereocenters. The summed E-state index contributed by atoms with van der Waals surface area (Å²) in [7, 11) is 0. The highest BCUT2D eigenvalue weighted by atomic mass is 16.3. The third-order valence-corrected chi connectivity index (χ3v) is 12.1. The summed E-state index contributed by atoms with van der Waals surface area (Å²) in [6.45, 7) is 39.1. The second-order valence-corrected chi connectivity index (χ2v) is 23.6. The first kappa shape index (κ1) is 44.3. The molecule has 0 radical (unpaired) electrons. The van der Waals surface area contributed by atoms with Gasteiger partial charge < -0.3 is 20.4 Å². The molecule has 0 spiro atoms. The molecule has 4 heteroatoms. The lowest BCUT2D eigenvalue weighted by atomic mass is 9.57. The van der Waals surface area contributed by atoms with E-state index in [1.54, 1.807) is 0 Å². The van der Waals surface area contributed by atoms with Gasteiger partial charge in [-0.3, -0.25) is 0 Å². The van der Waals surface area contributed by atoms with Crippen molar-refractivity contribution in [1.82, 2.24) is 0 Å². The second kappa shape index (κ2) is 14.2. The predicted octanol–water partition coefficient (Wildman–Crippen LogP) is 14.1. The Balaban J connectivity index is 2.04. The van der Waals surface area contributed by atoms with E-state index in [9.17, 15) is 20.4 Å². The van der Waals surface area contributed by atoms with Crippen molar-refractivity contribution in [3.8, 4) is 11.5 Å². The van der Waals surface area contributed by atoms with Crippen LogP contribution in [0.15, 0.2) is 71.2 Å². The Kier molecular flexibility index (Phi) is 11.4. The van der Waals surface area contributed by atoms with Crippen molar-refractivity contribution in [3.63, 3.8) is 0 Å². The first-order valence-electron chi connectivity index (χ1n) is 20.6. The van der Waals surface area contributed by atoms with Crippen LogP contribution in [0.1, 0.15) is 177 Å². The molecule has 55 heavy (non-hydrogen) atoms. The maximum atomic E-state index is 11.7. The minimum atomic E-state index is -0.410. The summed E-state index contributed by atoms with van der Waals surface area (Å²) in [5.41, 5.74) is 5.81. The molecule has 2 unspecified atom stereocenters. The molecule has 0 aliphatic heterocycles. The van der Waals surface area contributed by atoms with E-state index in [0.29, 0.717) is 35.9 Å². The Morgan fingerprint density at radius 2 is 0.673 bits per heavy atom. The van der Waals surface area contributed by atoms with E-state index >= 15 is 0 Å². The quantitative estimate of drug-likeness (QED) is 0.237. The Morgan fingerprint density at radius 3 is 0.891 bits per heavy atom. The Morgan fingerprint density at radius 1 is 0.418 bits per heavy atom. The van der Waals surface area contributed by atoms with Gasteiger partial charge in [0.25, 0.3) is 0 Å². The number of hydrogen-bond acceptors (Lipinski definition) is 4. The van der Waals surface area contributed by atoms with Crippen molar-refractivity contribution in [1.29, 1.82) is 0 Å². The number of aliphatic hydroxyl groups is 2. The van der Waals surface area contributed by atoms with Gasteiger partial charge in [0, 0.05) is 0 Å². The number of phenols is 2. The van der Waals surface area contributed by atoms with Crippen LogP contribution in [-0.4, -0.2) is 20.4 Å². The van der Waals surface area contributed by atoms with E-state index in [2.05, 4.69) is 161 Å². The molecule has 2 aliphatic carbocycles. The lowest BCUT2D eigenvalue weighted by Gasteiger charge is -2.47. The number of aromatic hydroxyl groups is 2. The highest BCUT2D eigenvalue weighted by Gasteiger charge is 2.46. The Labute approximate surface area is 335 Å². The van der Waals surface area contributed by atoms with Crippen molar-refractivity contribution in [3.05, 3.63) is 105 Å². The van der Waals surface area contributed by atoms with Gasteiger partial charge >= 0.3 is 0 Å². The smallest absolute Gasteiger partial charge is 0.123 e. The number of benzene rings is 2. The molecule has 0 bridgehead atoms. The summed E-state index contributed by atoms with van der Waals surface area (Å²) in [6.07, 6.45) is 12.0. The highest BCUT2D eigenvalue weighted by molar-refractivity contribution is 5.52. The fourth-order valence-corrected chi connectivity index (χ4v) is 9.02. The molecule has 2 aromatic carbocycles. The van der Waals surface area contributed by atoms with Crippen LogP contribution in [0.5, 0.6) is 11.5 Å². The number of phenolic OH excluding ortho intramolecular Hbond substituents is 2. The van der Waals surface area contributed by atoms with Gasteiger partial charge in [-0.25, -0.2) is 0 Å². The number of aliphatic hydroxyl groups excluding tert-OH is 2. The van der Waals surface area contributed by atoms with Crippen LogP contribution in [0.4, 0.5) is 0 Å². The molecule has 0 heterocycles. The van der Waals surface area contributed by atoms with Gasteiger partial charge in [-0.05, 0) is 132 Å². The van der Waals surface area contributed by atoms with E-state index in [-0.39, 0.29) is 32.5 Å². The highest BCUT2D eigenvalue weighted by Crippen LogP contribution is 2.56. The topological polar surface area (TPSA) is 80.9 Å². The number of rotatable bonds is 6. The molecule has 0 saturated heterocycles. The standard InChI is InChI=1S/C51H76O4/c1-44(2,3)34-23-32(24-35(42(34)54)45(4,5)6)27-50(21-19-40(52)38(29-50)48(13,14)15)31-51(22-20-41(53)39(30-51)49(16,17)18)28-33-25-36(46(7,8)9)43(55)37(26-33)47(10,11)12/h19-26,52-55H,27-31H2,1-18H3. The number of allylic oxidation sites excluding steroid dienone is 6. The van der Waals surface area contributed by atoms with Gasteiger partial charge in [0.05, 0.1) is 0 Å². The van der Waals surface area contributed by atoms with Crippen LogP contribution in [-0.2, 0) is 34.5 Å². The maximum Gasteiger partial charge on any atom is 0.123 e. The van der Waals surface area contributed by atoms with Crippen LogP contribution in [0.2, 0.25) is 0 Å². The van der Waals surface area contributed by atoms with Crippen molar-refractivity contribution in [2.75, 3.05) is 0 Å². The lowest BCUT2D eigenvalue weighted by Crippen LogP contribution is -2.38. The van der Waals surface area contributed by atoms with Gasteiger partial charge in [-0.2, -0.15) is 0 Å². The molecule has 0 saturated carbocycles. The molecule has 0 fully saturated rings. The van der Waals surface area contributed by atoms with Gasteiger partial charge in [0.15, 0.2) is 0 Å². The average molecular weight is 753 g/mol. The molecule has 304 valence electrons.